The Hall–Kier alpha value is -2.25. The topological polar surface area (TPSA) is 53.2 Å². The molecule has 128 valence electrons. The maximum absolute atomic E-state index is 14.3. The average Bonchev–Trinajstić information content (AvgIpc) is 2.56. The van der Waals surface area contributed by atoms with Crippen molar-refractivity contribution in [2.24, 2.45) is 0 Å². The van der Waals surface area contributed by atoms with Gasteiger partial charge in [-0.3, -0.25) is 4.79 Å². The summed E-state index contributed by atoms with van der Waals surface area (Å²) < 4.78 is 15.2. The number of halogens is 2. The first-order valence-corrected chi connectivity index (χ1v) is 8.75. The Morgan fingerprint density at radius 3 is 2.56 bits per heavy atom. The lowest BCUT2D eigenvalue weighted by molar-refractivity contribution is -0.113. The van der Waals surface area contributed by atoms with E-state index >= 15 is 0 Å². The monoisotopic (exact) mass is 419 g/mol. The minimum atomic E-state index is -0.662. The molecule has 2 aromatic carbocycles. The van der Waals surface area contributed by atoms with Crippen LogP contribution < -0.4 is 16.0 Å². The number of rotatable bonds is 3. The Morgan fingerprint density at radius 2 is 1.88 bits per heavy atom. The van der Waals surface area contributed by atoms with Crippen LogP contribution in [0.15, 0.2) is 64.3 Å². The van der Waals surface area contributed by atoms with Gasteiger partial charge in [0.05, 0.1) is 11.6 Å². The summed E-state index contributed by atoms with van der Waals surface area (Å²) in [6, 6.07) is 12.9. The van der Waals surface area contributed by atoms with Crippen molar-refractivity contribution >= 4 is 44.9 Å². The summed E-state index contributed by atoms with van der Waals surface area (Å²) in [5.41, 5.74) is 1.99. The third-order valence-corrected chi connectivity index (χ3v) is 4.58. The van der Waals surface area contributed by atoms with Crippen molar-refractivity contribution in [2.75, 3.05) is 5.32 Å². The second-order valence-corrected chi connectivity index (χ2v) is 6.88. The molecule has 3 rings (SSSR count). The van der Waals surface area contributed by atoms with E-state index in [-0.39, 0.29) is 5.91 Å². The molecule has 4 nitrogen and oxygen atoms in total. The molecule has 7 heteroatoms. The first kappa shape index (κ1) is 17.6. The van der Waals surface area contributed by atoms with E-state index in [0.29, 0.717) is 27.6 Å². The highest BCUT2D eigenvalue weighted by Gasteiger charge is 2.31. The van der Waals surface area contributed by atoms with Crippen LogP contribution in [0.25, 0.3) is 0 Å². The van der Waals surface area contributed by atoms with Gasteiger partial charge in [-0.1, -0.05) is 34.1 Å². The average molecular weight is 420 g/mol. The molecule has 2 aromatic rings. The molecule has 1 heterocycles. The first-order valence-electron chi connectivity index (χ1n) is 7.55. The molecule has 0 aromatic heterocycles. The van der Waals surface area contributed by atoms with Gasteiger partial charge in [-0.2, -0.15) is 0 Å². The number of benzene rings is 2. The minimum Gasteiger partial charge on any atom is -0.351 e. The molecule has 1 atom stereocenters. The maximum Gasteiger partial charge on any atom is 0.255 e. The Bertz CT molecular complexity index is 867. The third kappa shape index (κ3) is 3.88. The molecule has 0 saturated carbocycles. The number of nitrogens with one attached hydrogen (secondary N) is 3. The summed E-state index contributed by atoms with van der Waals surface area (Å²) in [5.74, 6) is -0.720. The Kier molecular flexibility index (Phi) is 5.15. The van der Waals surface area contributed by atoms with E-state index < -0.39 is 11.9 Å². The van der Waals surface area contributed by atoms with Gasteiger partial charge in [-0.05, 0) is 49.5 Å². The Balaban J connectivity index is 1.96. The van der Waals surface area contributed by atoms with Gasteiger partial charge >= 0.3 is 0 Å². The molecular weight excluding hydrogens is 405 g/mol. The van der Waals surface area contributed by atoms with E-state index in [9.17, 15) is 9.18 Å². The highest BCUT2D eigenvalue weighted by molar-refractivity contribution is 9.10. The van der Waals surface area contributed by atoms with Gasteiger partial charge in [0.15, 0.2) is 5.11 Å². The molecule has 0 radical (unpaired) electrons. The quantitative estimate of drug-likeness (QED) is 0.657. The Morgan fingerprint density at radius 1 is 1.20 bits per heavy atom. The van der Waals surface area contributed by atoms with Gasteiger partial charge in [0, 0.05) is 21.4 Å². The van der Waals surface area contributed by atoms with E-state index in [1.165, 1.54) is 6.07 Å². The van der Waals surface area contributed by atoms with Crippen LogP contribution in [-0.4, -0.2) is 11.0 Å². The van der Waals surface area contributed by atoms with Crippen LogP contribution in [0.4, 0.5) is 10.1 Å². The number of anilines is 1. The zero-order chi connectivity index (χ0) is 18.0. The fourth-order valence-corrected chi connectivity index (χ4v) is 3.20. The molecular formula is C18H15BrFN3OS. The minimum absolute atomic E-state index is 0.324. The zero-order valence-electron chi connectivity index (χ0n) is 13.3. The predicted octanol–water partition coefficient (Wildman–Crippen LogP) is 4.02. The Labute approximate surface area is 158 Å². The molecule has 1 amide bonds. The predicted molar refractivity (Wildman–Crippen MR) is 103 cm³/mol. The molecule has 0 saturated heterocycles. The second kappa shape index (κ2) is 7.33. The number of carbonyl (C=O) groups excluding carboxylic acids is 1. The summed E-state index contributed by atoms with van der Waals surface area (Å²) in [5, 5.41) is 9.11. The van der Waals surface area contributed by atoms with E-state index in [4.69, 9.17) is 12.2 Å². The van der Waals surface area contributed by atoms with Gasteiger partial charge in [-0.25, -0.2) is 4.39 Å². The van der Waals surface area contributed by atoms with Gasteiger partial charge in [0.25, 0.3) is 5.91 Å². The van der Waals surface area contributed by atoms with Gasteiger partial charge in [-0.15, -0.1) is 0 Å². The van der Waals surface area contributed by atoms with Gasteiger partial charge in [0.2, 0.25) is 0 Å². The van der Waals surface area contributed by atoms with Crippen molar-refractivity contribution in [3.05, 3.63) is 75.7 Å². The van der Waals surface area contributed by atoms with Crippen LogP contribution >= 0.6 is 28.1 Å². The second-order valence-electron chi connectivity index (χ2n) is 5.55. The normalized spacial score (nSPS) is 16.9. The van der Waals surface area contributed by atoms with Crippen LogP contribution in [0, 0.1) is 5.82 Å². The van der Waals surface area contributed by atoms with E-state index in [1.807, 2.05) is 12.1 Å². The fourth-order valence-electron chi connectivity index (χ4n) is 2.67. The number of carbonyl (C=O) groups is 1. The van der Waals surface area contributed by atoms with Crippen molar-refractivity contribution in [3.8, 4) is 0 Å². The van der Waals surface area contributed by atoms with Crippen molar-refractivity contribution in [2.45, 2.75) is 13.0 Å². The van der Waals surface area contributed by atoms with Crippen LogP contribution in [0.5, 0.6) is 0 Å². The molecule has 3 N–H and O–H groups in total. The van der Waals surface area contributed by atoms with E-state index in [0.717, 1.165) is 4.47 Å². The van der Waals surface area contributed by atoms with Gasteiger partial charge in [0.1, 0.15) is 5.82 Å². The van der Waals surface area contributed by atoms with E-state index in [1.54, 1.807) is 37.3 Å². The van der Waals surface area contributed by atoms with Crippen LogP contribution in [0.1, 0.15) is 18.5 Å². The standard InChI is InChI=1S/C18H15BrFN3OS/c1-10-15(17(24)22-12-8-6-11(19)7-9-12)16(23-18(25)21-10)13-4-2-3-5-14(13)20/h2-9,16H,1H3,(H,22,24)(H2,21,23,25)/t16-/m0/s1. The molecule has 0 bridgehead atoms. The lowest BCUT2D eigenvalue weighted by Gasteiger charge is -2.30. The van der Waals surface area contributed by atoms with Gasteiger partial charge < -0.3 is 16.0 Å². The van der Waals surface area contributed by atoms with E-state index in [2.05, 4.69) is 31.9 Å². The summed E-state index contributed by atoms with van der Waals surface area (Å²) in [4.78, 5) is 12.8. The molecule has 0 aliphatic carbocycles. The molecule has 25 heavy (non-hydrogen) atoms. The largest absolute Gasteiger partial charge is 0.351 e. The molecule has 0 fully saturated rings. The van der Waals surface area contributed by atoms with Crippen molar-refractivity contribution < 1.29 is 9.18 Å². The highest BCUT2D eigenvalue weighted by Crippen LogP contribution is 2.29. The van der Waals surface area contributed by atoms with Crippen LogP contribution in [0.2, 0.25) is 0 Å². The summed E-state index contributed by atoms with van der Waals surface area (Å²) >= 11 is 8.53. The molecule has 1 aliphatic heterocycles. The smallest absolute Gasteiger partial charge is 0.255 e. The zero-order valence-corrected chi connectivity index (χ0v) is 15.7. The maximum atomic E-state index is 14.3. The summed E-state index contributed by atoms with van der Waals surface area (Å²) in [7, 11) is 0. The summed E-state index contributed by atoms with van der Waals surface area (Å²) in [6.45, 7) is 1.75. The van der Waals surface area contributed by atoms with Crippen molar-refractivity contribution in [3.63, 3.8) is 0 Å². The number of hydrogen-bond acceptors (Lipinski definition) is 2. The van der Waals surface area contributed by atoms with Crippen LogP contribution in [0.3, 0.4) is 0 Å². The lowest BCUT2D eigenvalue weighted by Crippen LogP contribution is -2.46. The molecule has 0 unspecified atom stereocenters. The molecule has 0 spiro atoms. The SMILES string of the molecule is CC1=C(C(=O)Nc2ccc(Br)cc2)[C@H](c2ccccc2F)NC(=S)N1. The lowest BCUT2D eigenvalue weighted by atomic mass is 9.94. The number of hydrogen-bond donors (Lipinski definition) is 3. The van der Waals surface area contributed by atoms with Crippen molar-refractivity contribution in [1.29, 1.82) is 0 Å². The summed E-state index contributed by atoms with van der Waals surface area (Å²) in [6.07, 6.45) is 0. The number of thiocarbonyl (C=S) groups is 1. The third-order valence-electron chi connectivity index (χ3n) is 3.83. The number of amides is 1. The number of allylic oxidation sites excluding steroid dienone is 1. The fraction of sp³-hybridized carbons (Fsp3) is 0.111. The molecule has 1 aliphatic rings. The van der Waals surface area contributed by atoms with Crippen LogP contribution in [-0.2, 0) is 4.79 Å². The highest BCUT2D eigenvalue weighted by atomic mass is 79.9. The first-order chi connectivity index (χ1) is 12.0. The van der Waals surface area contributed by atoms with Crippen molar-refractivity contribution in [1.82, 2.24) is 10.6 Å².